The molecule has 0 aromatic carbocycles. The second-order valence-electron chi connectivity index (χ2n) is 4.24. The van der Waals surface area contributed by atoms with Gasteiger partial charge in [0.15, 0.2) is 0 Å². The molecule has 2 N–H and O–H groups in total. The fourth-order valence-electron chi connectivity index (χ4n) is 2.16. The minimum atomic E-state index is -0.432. The first kappa shape index (κ1) is 12.0. The SMILES string of the molecule is Cn1cc(-c2ccnc(N)n2)c2c([N+](=O)[O-])ccnc21. The molecule has 8 nitrogen and oxygen atoms in total. The molecule has 0 spiro atoms. The van der Waals surface area contributed by atoms with Gasteiger partial charge < -0.3 is 10.3 Å². The molecule has 0 aliphatic rings. The number of rotatable bonds is 2. The van der Waals surface area contributed by atoms with Gasteiger partial charge >= 0.3 is 0 Å². The summed E-state index contributed by atoms with van der Waals surface area (Å²) in [7, 11) is 1.77. The van der Waals surface area contributed by atoms with Gasteiger partial charge in [0.05, 0.1) is 10.6 Å². The number of nitro groups is 1. The van der Waals surface area contributed by atoms with Crippen molar-refractivity contribution in [2.24, 2.45) is 7.05 Å². The van der Waals surface area contributed by atoms with Gasteiger partial charge in [-0.05, 0) is 6.07 Å². The second-order valence-corrected chi connectivity index (χ2v) is 4.24. The minimum absolute atomic E-state index is 0.0113. The van der Waals surface area contributed by atoms with Crippen LogP contribution in [0.2, 0.25) is 0 Å². The number of aryl methyl sites for hydroxylation is 1. The predicted molar refractivity (Wildman–Crippen MR) is 72.8 cm³/mol. The van der Waals surface area contributed by atoms with Crippen LogP contribution < -0.4 is 5.73 Å². The van der Waals surface area contributed by atoms with Gasteiger partial charge in [-0.25, -0.2) is 15.0 Å². The Morgan fingerprint density at radius 1 is 1.30 bits per heavy atom. The molecule has 3 aromatic heterocycles. The lowest BCUT2D eigenvalue weighted by Gasteiger charge is -2.00. The van der Waals surface area contributed by atoms with Crippen LogP contribution in [-0.2, 0) is 7.05 Å². The minimum Gasteiger partial charge on any atom is -0.368 e. The van der Waals surface area contributed by atoms with E-state index in [1.54, 1.807) is 23.9 Å². The zero-order valence-electron chi connectivity index (χ0n) is 10.5. The average molecular weight is 270 g/mol. The van der Waals surface area contributed by atoms with Gasteiger partial charge in [0, 0.05) is 37.3 Å². The number of pyridine rings is 1. The van der Waals surface area contributed by atoms with Crippen LogP contribution in [-0.4, -0.2) is 24.4 Å². The topological polar surface area (TPSA) is 113 Å². The van der Waals surface area contributed by atoms with E-state index in [2.05, 4.69) is 15.0 Å². The van der Waals surface area contributed by atoms with Crippen LogP contribution >= 0.6 is 0 Å². The zero-order chi connectivity index (χ0) is 14.3. The summed E-state index contributed by atoms with van der Waals surface area (Å²) in [6.07, 6.45) is 4.67. The van der Waals surface area contributed by atoms with Gasteiger partial charge in [-0.1, -0.05) is 0 Å². The Balaban J connectivity index is 2.39. The highest BCUT2D eigenvalue weighted by Crippen LogP contribution is 2.34. The molecule has 0 amide bonds. The third kappa shape index (κ3) is 1.74. The Kier molecular flexibility index (Phi) is 2.56. The first-order chi connectivity index (χ1) is 9.58. The van der Waals surface area contributed by atoms with E-state index >= 15 is 0 Å². The Hall–Kier alpha value is -3.03. The van der Waals surface area contributed by atoms with Crippen LogP contribution in [0.3, 0.4) is 0 Å². The standard InChI is InChI=1S/C12H10N6O2/c1-17-6-7(8-2-4-15-12(13)16-8)10-9(18(19)20)3-5-14-11(10)17/h2-6H,1H3,(H2,13,15,16). The number of hydrogen-bond acceptors (Lipinski definition) is 6. The fraction of sp³-hybridized carbons (Fsp3) is 0.0833. The number of nitrogen functional groups attached to an aromatic ring is 1. The molecule has 0 atom stereocenters. The van der Waals surface area contributed by atoms with Gasteiger partial charge in [-0.15, -0.1) is 0 Å². The highest BCUT2D eigenvalue weighted by atomic mass is 16.6. The molecule has 0 saturated heterocycles. The monoisotopic (exact) mass is 270 g/mol. The van der Waals surface area contributed by atoms with E-state index < -0.39 is 4.92 Å². The molecule has 0 radical (unpaired) electrons. The zero-order valence-corrected chi connectivity index (χ0v) is 10.5. The van der Waals surface area contributed by atoms with Crippen LogP contribution in [0.15, 0.2) is 30.7 Å². The number of nitrogens with two attached hydrogens (primary N) is 1. The van der Waals surface area contributed by atoms with Crippen LogP contribution in [0.5, 0.6) is 0 Å². The van der Waals surface area contributed by atoms with Gasteiger partial charge in [-0.2, -0.15) is 0 Å². The van der Waals surface area contributed by atoms with Crippen LogP contribution in [0.4, 0.5) is 11.6 Å². The maximum atomic E-state index is 11.2. The fourth-order valence-corrected chi connectivity index (χ4v) is 2.16. The highest BCUT2D eigenvalue weighted by molar-refractivity contribution is 5.99. The van der Waals surface area contributed by atoms with E-state index in [0.29, 0.717) is 22.3 Å². The summed E-state index contributed by atoms with van der Waals surface area (Å²) in [5.74, 6) is 0.117. The molecular weight excluding hydrogens is 260 g/mol. The van der Waals surface area contributed by atoms with Crippen molar-refractivity contribution in [2.75, 3.05) is 5.73 Å². The van der Waals surface area contributed by atoms with E-state index in [4.69, 9.17) is 5.73 Å². The molecule has 0 bridgehead atoms. The number of aromatic nitrogens is 4. The summed E-state index contributed by atoms with van der Waals surface area (Å²) in [6.45, 7) is 0. The Labute approximate surface area is 113 Å². The van der Waals surface area contributed by atoms with Gasteiger partial charge in [0.25, 0.3) is 5.69 Å². The molecule has 8 heteroatoms. The van der Waals surface area contributed by atoms with Crippen LogP contribution in [0.1, 0.15) is 0 Å². The first-order valence-electron chi connectivity index (χ1n) is 5.75. The molecule has 3 rings (SSSR count). The first-order valence-corrected chi connectivity index (χ1v) is 5.75. The molecule has 0 unspecified atom stereocenters. The summed E-state index contributed by atoms with van der Waals surface area (Å²) in [5.41, 5.74) is 7.21. The molecule has 0 fully saturated rings. The summed E-state index contributed by atoms with van der Waals surface area (Å²) in [6, 6.07) is 3.03. The molecule has 100 valence electrons. The number of hydrogen-bond donors (Lipinski definition) is 1. The summed E-state index contributed by atoms with van der Waals surface area (Å²) in [5, 5.41) is 11.6. The van der Waals surface area contributed by atoms with Gasteiger partial charge in [0.1, 0.15) is 11.0 Å². The van der Waals surface area contributed by atoms with Crippen LogP contribution in [0.25, 0.3) is 22.3 Å². The van der Waals surface area contributed by atoms with Crippen molar-refractivity contribution in [3.63, 3.8) is 0 Å². The second kappa shape index (κ2) is 4.26. The molecule has 0 aliphatic carbocycles. The quantitative estimate of drug-likeness (QED) is 0.558. The maximum absolute atomic E-state index is 11.2. The lowest BCUT2D eigenvalue weighted by atomic mass is 10.1. The lowest BCUT2D eigenvalue weighted by Crippen LogP contribution is -1.95. The normalized spacial score (nSPS) is 10.8. The van der Waals surface area contributed by atoms with E-state index in [0.717, 1.165) is 0 Å². The average Bonchev–Trinajstić information content (AvgIpc) is 2.76. The largest absolute Gasteiger partial charge is 0.368 e. The van der Waals surface area contributed by atoms with E-state index in [1.165, 1.54) is 18.5 Å². The lowest BCUT2D eigenvalue weighted by molar-refractivity contribution is -0.383. The summed E-state index contributed by atoms with van der Waals surface area (Å²) < 4.78 is 1.72. The third-order valence-corrected chi connectivity index (χ3v) is 2.98. The third-order valence-electron chi connectivity index (χ3n) is 2.98. The molecule has 3 aromatic rings. The summed E-state index contributed by atoms with van der Waals surface area (Å²) in [4.78, 5) is 22.9. The van der Waals surface area contributed by atoms with Crippen molar-refractivity contribution in [3.8, 4) is 11.3 Å². The van der Waals surface area contributed by atoms with Gasteiger partial charge in [0.2, 0.25) is 5.95 Å². The number of anilines is 1. The Morgan fingerprint density at radius 3 is 2.75 bits per heavy atom. The van der Waals surface area contributed by atoms with Crippen molar-refractivity contribution < 1.29 is 4.92 Å². The van der Waals surface area contributed by atoms with Crippen molar-refractivity contribution in [1.29, 1.82) is 0 Å². The van der Waals surface area contributed by atoms with Crippen molar-refractivity contribution in [1.82, 2.24) is 19.5 Å². The Bertz CT molecular complexity index is 826. The van der Waals surface area contributed by atoms with Crippen molar-refractivity contribution in [2.45, 2.75) is 0 Å². The highest BCUT2D eigenvalue weighted by Gasteiger charge is 2.21. The number of fused-ring (bicyclic) bond motifs is 1. The molecule has 0 aliphatic heterocycles. The number of nitrogens with zero attached hydrogens (tertiary/aromatic N) is 5. The molecular formula is C12H10N6O2. The summed E-state index contributed by atoms with van der Waals surface area (Å²) >= 11 is 0. The molecule has 0 saturated carbocycles. The molecule has 20 heavy (non-hydrogen) atoms. The van der Waals surface area contributed by atoms with E-state index in [-0.39, 0.29) is 11.6 Å². The smallest absolute Gasteiger partial charge is 0.282 e. The van der Waals surface area contributed by atoms with Gasteiger partial charge in [-0.3, -0.25) is 10.1 Å². The van der Waals surface area contributed by atoms with E-state index in [9.17, 15) is 10.1 Å². The maximum Gasteiger partial charge on any atom is 0.282 e. The Morgan fingerprint density at radius 2 is 2.05 bits per heavy atom. The van der Waals surface area contributed by atoms with Crippen molar-refractivity contribution in [3.05, 3.63) is 40.8 Å². The van der Waals surface area contributed by atoms with Crippen molar-refractivity contribution >= 4 is 22.7 Å². The molecule has 3 heterocycles. The predicted octanol–water partition coefficient (Wildman–Crippen LogP) is 1.52. The van der Waals surface area contributed by atoms with Crippen LogP contribution in [0, 0.1) is 10.1 Å². The van der Waals surface area contributed by atoms with E-state index in [1.807, 2.05) is 0 Å².